The van der Waals surface area contributed by atoms with Crippen molar-refractivity contribution in [3.8, 4) is 0 Å². The van der Waals surface area contributed by atoms with E-state index in [1.807, 2.05) is 32.3 Å². The fraction of sp³-hybridized carbons (Fsp3) is 0.500. The van der Waals surface area contributed by atoms with E-state index in [4.69, 9.17) is 0 Å². The van der Waals surface area contributed by atoms with Crippen LogP contribution >= 0.6 is 11.9 Å². The van der Waals surface area contributed by atoms with Gasteiger partial charge in [-0.05, 0) is 26.2 Å². The molecule has 2 heteroatoms. The van der Waals surface area contributed by atoms with Gasteiger partial charge in [0.2, 0.25) is 0 Å². The Kier molecular flexibility index (Phi) is 4.76. The Morgan fingerprint density at radius 3 is 2.50 bits per heavy atom. The molecule has 0 rings (SSSR count). The highest BCUT2D eigenvalue weighted by molar-refractivity contribution is 8.01. The van der Waals surface area contributed by atoms with Crippen molar-refractivity contribution in [3.63, 3.8) is 0 Å². The van der Waals surface area contributed by atoms with Gasteiger partial charge < -0.3 is 0 Å². The molecule has 0 spiro atoms. The largest absolute Gasteiger partial charge is 0.222 e. The van der Waals surface area contributed by atoms with E-state index >= 15 is 0 Å². The minimum absolute atomic E-state index is 1.10. The predicted octanol–water partition coefficient (Wildman–Crippen LogP) is 2.65. The van der Waals surface area contributed by atoms with Crippen molar-refractivity contribution in [3.05, 3.63) is 11.5 Å². The Morgan fingerprint density at radius 2 is 2.12 bits per heavy atom. The maximum absolute atomic E-state index is 4.06. The van der Waals surface area contributed by atoms with Crippen LogP contribution in [0.3, 0.4) is 0 Å². The van der Waals surface area contributed by atoms with Gasteiger partial charge in [0.05, 0.1) is 0 Å². The fourth-order valence-corrected chi connectivity index (χ4v) is 0.590. The quantitative estimate of drug-likeness (QED) is 0.412. The van der Waals surface area contributed by atoms with E-state index in [1.165, 1.54) is 11.9 Å². The molecule has 0 N–H and O–H groups in total. The standard InChI is InChI=1S/C6H11NS/c1-4-5-8-7-6(2)3/h4-5H,1-3H3/b5-4-. The first kappa shape index (κ1) is 7.76. The molecule has 8 heavy (non-hydrogen) atoms. The third kappa shape index (κ3) is 5.76. The minimum Gasteiger partial charge on any atom is -0.222 e. The summed E-state index contributed by atoms with van der Waals surface area (Å²) in [6.07, 6.45) is 1.97. The monoisotopic (exact) mass is 129 g/mol. The smallest absolute Gasteiger partial charge is 0.0204 e. The van der Waals surface area contributed by atoms with Gasteiger partial charge in [0.15, 0.2) is 0 Å². The highest BCUT2D eigenvalue weighted by Crippen LogP contribution is 2.02. The number of hydrogen-bond acceptors (Lipinski definition) is 2. The molecule has 0 saturated heterocycles. The Morgan fingerprint density at radius 1 is 1.50 bits per heavy atom. The lowest BCUT2D eigenvalue weighted by Gasteiger charge is -1.82. The van der Waals surface area contributed by atoms with Crippen molar-refractivity contribution < 1.29 is 0 Å². The average molecular weight is 129 g/mol. The first-order valence-corrected chi connectivity index (χ1v) is 3.39. The summed E-state index contributed by atoms with van der Waals surface area (Å²) in [5.74, 6) is 0. The first-order valence-electron chi connectivity index (χ1n) is 2.55. The van der Waals surface area contributed by atoms with Crippen molar-refractivity contribution >= 4 is 17.7 Å². The van der Waals surface area contributed by atoms with Gasteiger partial charge in [-0.3, -0.25) is 0 Å². The number of rotatable bonds is 2. The SMILES string of the molecule is C/C=C\SN=C(C)C. The molecule has 0 heterocycles. The summed E-state index contributed by atoms with van der Waals surface area (Å²) < 4.78 is 4.06. The molecule has 1 nitrogen and oxygen atoms in total. The zero-order chi connectivity index (χ0) is 6.41. The van der Waals surface area contributed by atoms with Crippen molar-refractivity contribution in [1.82, 2.24) is 0 Å². The summed E-state index contributed by atoms with van der Waals surface area (Å²) in [6.45, 7) is 5.94. The summed E-state index contributed by atoms with van der Waals surface area (Å²) in [4.78, 5) is 0. The molecule has 0 aromatic carbocycles. The fourth-order valence-electron chi connectivity index (χ4n) is 0.197. The third-order valence-electron chi connectivity index (χ3n) is 0.432. The van der Waals surface area contributed by atoms with Crippen LogP contribution in [0.25, 0.3) is 0 Å². The zero-order valence-corrected chi connectivity index (χ0v) is 6.33. The lowest BCUT2D eigenvalue weighted by Crippen LogP contribution is -1.72. The molecule has 0 aliphatic heterocycles. The van der Waals surface area contributed by atoms with E-state index in [0.29, 0.717) is 0 Å². The van der Waals surface area contributed by atoms with E-state index < -0.39 is 0 Å². The van der Waals surface area contributed by atoms with Crippen LogP contribution in [0.15, 0.2) is 15.9 Å². The predicted molar refractivity (Wildman–Crippen MR) is 41.2 cm³/mol. The molecular formula is C6H11NS. The van der Waals surface area contributed by atoms with E-state index in [2.05, 4.69) is 4.40 Å². The van der Waals surface area contributed by atoms with Crippen LogP contribution in [0.1, 0.15) is 20.8 Å². The lowest BCUT2D eigenvalue weighted by atomic mass is 10.5. The van der Waals surface area contributed by atoms with Gasteiger partial charge in [0.1, 0.15) is 0 Å². The Bertz CT molecular complexity index is 101. The second-order valence-corrected chi connectivity index (χ2v) is 2.28. The van der Waals surface area contributed by atoms with Gasteiger partial charge >= 0.3 is 0 Å². The van der Waals surface area contributed by atoms with Gasteiger partial charge in [-0.15, -0.1) is 0 Å². The molecule has 0 aliphatic carbocycles. The second kappa shape index (κ2) is 4.91. The molecule has 0 radical (unpaired) electrons. The molecular weight excluding hydrogens is 118 g/mol. The average Bonchev–Trinajstić information content (AvgIpc) is 1.66. The van der Waals surface area contributed by atoms with Gasteiger partial charge in [-0.2, -0.15) is 0 Å². The number of allylic oxidation sites excluding steroid dienone is 1. The van der Waals surface area contributed by atoms with Crippen LogP contribution in [0.5, 0.6) is 0 Å². The zero-order valence-electron chi connectivity index (χ0n) is 5.51. The lowest BCUT2D eigenvalue weighted by molar-refractivity contribution is 1.68. The van der Waals surface area contributed by atoms with Gasteiger partial charge in [-0.1, -0.05) is 6.08 Å². The highest BCUT2D eigenvalue weighted by atomic mass is 32.2. The topological polar surface area (TPSA) is 12.4 Å². The van der Waals surface area contributed by atoms with Crippen LogP contribution in [0, 0.1) is 0 Å². The Hall–Kier alpha value is -0.240. The van der Waals surface area contributed by atoms with Crippen molar-refractivity contribution in [2.45, 2.75) is 20.8 Å². The van der Waals surface area contributed by atoms with Crippen molar-refractivity contribution in [2.24, 2.45) is 4.40 Å². The van der Waals surface area contributed by atoms with Gasteiger partial charge in [-0.25, -0.2) is 4.40 Å². The van der Waals surface area contributed by atoms with E-state index in [0.717, 1.165) is 5.71 Å². The summed E-state index contributed by atoms with van der Waals surface area (Å²) in [5.41, 5.74) is 1.10. The molecule has 0 saturated carbocycles. The number of hydrogen-bond donors (Lipinski definition) is 0. The van der Waals surface area contributed by atoms with E-state index in [-0.39, 0.29) is 0 Å². The van der Waals surface area contributed by atoms with E-state index in [9.17, 15) is 0 Å². The van der Waals surface area contributed by atoms with Gasteiger partial charge in [0, 0.05) is 17.7 Å². The Labute approximate surface area is 55.0 Å². The molecule has 0 unspecified atom stereocenters. The van der Waals surface area contributed by atoms with Crippen LogP contribution in [0.2, 0.25) is 0 Å². The molecule has 0 aliphatic rings. The van der Waals surface area contributed by atoms with Crippen LogP contribution in [-0.4, -0.2) is 5.71 Å². The van der Waals surface area contributed by atoms with Crippen LogP contribution in [-0.2, 0) is 0 Å². The molecule has 46 valence electrons. The van der Waals surface area contributed by atoms with Gasteiger partial charge in [0.25, 0.3) is 0 Å². The van der Waals surface area contributed by atoms with Crippen molar-refractivity contribution in [1.29, 1.82) is 0 Å². The molecule has 0 amide bonds. The Balaban J connectivity index is 3.30. The maximum Gasteiger partial charge on any atom is 0.0204 e. The number of nitrogens with zero attached hydrogens (tertiary/aromatic N) is 1. The molecule has 0 atom stereocenters. The molecule has 0 aromatic rings. The normalized spacial score (nSPS) is 9.88. The van der Waals surface area contributed by atoms with E-state index in [1.54, 1.807) is 0 Å². The first-order chi connectivity index (χ1) is 3.77. The molecule has 0 aromatic heterocycles. The molecule has 0 bridgehead atoms. The highest BCUT2D eigenvalue weighted by Gasteiger charge is 1.72. The summed E-state index contributed by atoms with van der Waals surface area (Å²) in [5, 5.41) is 1.95. The summed E-state index contributed by atoms with van der Waals surface area (Å²) >= 11 is 1.47. The summed E-state index contributed by atoms with van der Waals surface area (Å²) in [7, 11) is 0. The molecule has 0 fully saturated rings. The minimum atomic E-state index is 1.10. The second-order valence-electron chi connectivity index (χ2n) is 1.61. The van der Waals surface area contributed by atoms with Crippen molar-refractivity contribution in [2.75, 3.05) is 0 Å². The summed E-state index contributed by atoms with van der Waals surface area (Å²) in [6, 6.07) is 0. The maximum atomic E-state index is 4.06. The van der Waals surface area contributed by atoms with Crippen LogP contribution in [0.4, 0.5) is 0 Å². The third-order valence-corrected chi connectivity index (χ3v) is 1.30. The van der Waals surface area contributed by atoms with Crippen LogP contribution < -0.4 is 0 Å².